The van der Waals surface area contributed by atoms with Crippen LogP contribution in [0.2, 0.25) is 10.0 Å². The van der Waals surface area contributed by atoms with Crippen LogP contribution in [-0.2, 0) is 14.3 Å². The van der Waals surface area contributed by atoms with E-state index in [1.165, 1.54) is 12.0 Å². The smallest absolute Gasteiger partial charge is 0.338 e. The first kappa shape index (κ1) is 18.6. The fourth-order valence-electron chi connectivity index (χ4n) is 2.40. The Labute approximate surface area is 150 Å². The van der Waals surface area contributed by atoms with Crippen LogP contribution in [0.25, 0.3) is 0 Å². The Bertz CT molecular complexity index is 670. The number of hydrogen-bond acceptors (Lipinski definition) is 4. The van der Waals surface area contributed by atoms with Crippen LogP contribution >= 0.6 is 23.2 Å². The summed E-state index contributed by atoms with van der Waals surface area (Å²) in [5.74, 6) is -0.558. The molecule has 1 aromatic rings. The largest absolute Gasteiger partial charge is 0.460 e. The van der Waals surface area contributed by atoms with E-state index in [0.29, 0.717) is 21.3 Å². The molecule has 0 saturated heterocycles. The maximum absolute atomic E-state index is 12.5. The fourth-order valence-corrected chi connectivity index (χ4v) is 3.01. The highest BCUT2D eigenvalue weighted by molar-refractivity contribution is 6.36. The van der Waals surface area contributed by atoms with Crippen LogP contribution in [0.1, 0.15) is 18.5 Å². The minimum absolute atomic E-state index is 0.104. The first-order valence-corrected chi connectivity index (χ1v) is 7.99. The number of benzene rings is 1. The second-order valence-corrected chi connectivity index (χ2v) is 6.02. The molecule has 0 unspecified atom stereocenters. The summed E-state index contributed by atoms with van der Waals surface area (Å²) < 4.78 is 10.1. The van der Waals surface area contributed by atoms with Crippen molar-refractivity contribution in [3.05, 3.63) is 45.1 Å². The van der Waals surface area contributed by atoms with Gasteiger partial charge in [0.15, 0.2) is 0 Å². The second kappa shape index (κ2) is 7.88. The molecule has 2 rings (SSSR count). The predicted octanol–water partition coefficient (Wildman–Crippen LogP) is 3.15. The molecule has 130 valence electrons. The molecule has 1 heterocycles. The lowest BCUT2D eigenvalue weighted by molar-refractivity contribution is -0.140. The average molecular weight is 373 g/mol. The molecule has 0 bridgehead atoms. The van der Waals surface area contributed by atoms with Crippen LogP contribution < -0.4 is 5.32 Å². The zero-order valence-corrected chi connectivity index (χ0v) is 15.1. The van der Waals surface area contributed by atoms with Crippen LogP contribution in [0.4, 0.5) is 4.79 Å². The molecule has 2 amide bonds. The number of rotatable bonds is 5. The van der Waals surface area contributed by atoms with Crippen molar-refractivity contribution in [1.29, 1.82) is 0 Å². The van der Waals surface area contributed by atoms with Gasteiger partial charge in [-0.3, -0.25) is 0 Å². The monoisotopic (exact) mass is 372 g/mol. The summed E-state index contributed by atoms with van der Waals surface area (Å²) in [7, 11) is 3.08. The Morgan fingerprint density at radius 3 is 2.50 bits per heavy atom. The van der Waals surface area contributed by atoms with Crippen LogP contribution in [0, 0.1) is 0 Å². The minimum atomic E-state index is -0.787. The highest BCUT2D eigenvalue weighted by Gasteiger charge is 2.36. The van der Waals surface area contributed by atoms with Crippen molar-refractivity contribution in [3.63, 3.8) is 0 Å². The summed E-state index contributed by atoms with van der Waals surface area (Å²) in [4.78, 5) is 26.0. The summed E-state index contributed by atoms with van der Waals surface area (Å²) in [5, 5.41) is 3.45. The predicted molar refractivity (Wildman–Crippen MR) is 91.0 cm³/mol. The molecule has 6 nitrogen and oxygen atoms in total. The lowest BCUT2D eigenvalue weighted by atomic mass is 9.95. The molecule has 0 aromatic heterocycles. The topological polar surface area (TPSA) is 67.9 Å². The number of ether oxygens (including phenoxy) is 2. The van der Waals surface area contributed by atoms with Gasteiger partial charge < -0.3 is 19.7 Å². The van der Waals surface area contributed by atoms with Crippen LogP contribution in [0.5, 0.6) is 0 Å². The van der Waals surface area contributed by atoms with Gasteiger partial charge >= 0.3 is 12.0 Å². The minimum Gasteiger partial charge on any atom is -0.460 e. The van der Waals surface area contributed by atoms with Crippen molar-refractivity contribution >= 4 is 35.2 Å². The highest BCUT2D eigenvalue weighted by Crippen LogP contribution is 2.38. The molecule has 0 fully saturated rings. The number of amides is 2. The van der Waals surface area contributed by atoms with E-state index in [9.17, 15) is 9.59 Å². The molecule has 1 aliphatic heterocycles. The van der Waals surface area contributed by atoms with Gasteiger partial charge in [0.05, 0.1) is 18.2 Å². The molecule has 8 heteroatoms. The van der Waals surface area contributed by atoms with Gasteiger partial charge in [0, 0.05) is 35.5 Å². The SMILES string of the molecule is COCCOC(=O)C1=C(C)N(C)C(=O)N[C@H]1c1c(Cl)cccc1Cl. The summed E-state index contributed by atoms with van der Waals surface area (Å²) >= 11 is 12.5. The third-order valence-corrected chi connectivity index (χ3v) is 4.44. The number of carbonyl (C=O) groups excluding carboxylic acids is 2. The van der Waals surface area contributed by atoms with Crippen LogP contribution in [-0.4, -0.2) is 44.3 Å². The van der Waals surface area contributed by atoms with Crippen molar-refractivity contribution in [1.82, 2.24) is 10.2 Å². The summed E-state index contributed by atoms with van der Waals surface area (Å²) in [6.45, 7) is 2.05. The molecular formula is C16H18Cl2N2O4. The number of esters is 1. The molecule has 0 spiro atoms. The molecule has 1 atom stereocenters. The average Bonchev–Trinajstić information content (AvgIpc) is 2.52. The van der Waals surface area contributed by atoms with Crippen molar-refractivity contribution in [2.45, 2.75) is 13.0 Å². The van der Waals surface area contributed by atoms with Gasteiger partial charge in [0.2, 0.25) is 0 Å². The standard InChI is InChI=1S/C16H18Cl2N2O4/c1-9-12(15(21)24-8-7-23-3)14(19-16(22)20(9)2)13-10(17)5-4-6-11(13)18/h4-6,14H,7-8H2,1-3H3,(H,19,22)/t14-/m1/s1. The lowest BCUT2D eigenvalue weighted by Gasteiger charge is -2.33. The number of urea groups is 1. The first-order chi connectivity index (χ1) is 11.4. The van der Waals surface area contributed by atoms with Crippen LogP contribution in [0.15, 0.2) is 29.5 Å². The van der Waals surface area contributed by atoms with Crippen LogP contribution in [0.3, 0.4) is 0 Å². The van der Waals surface area contributed by atoms with Crippen molar-refractivity contribution in [2.75, 3.05) is 27.4 Å². The Morgan fingerprint density at radius 1 is 1.29 bits per heavy atom. The number of halogens is 2. The van der Waals surface area contributed by atoms with Crippen molar-refractivity contribution < 1.29 is 19.1 Å². The fraction of sp³-hybridized carbons (Fsp3) is 0.375. The number of nitrogens with one attached hydrogen (secondary N) is 1. The van der Waals surface area contributed by atoms with Crippen molar-refractivity contribution in [3.8, 4) is 0 Å². The third kappa shape index (κ3) is 3.66. The maximum Gasteiger partial charge on any atom is 0.338 e. The Morgan fingerprint density at radius 2 is 1.92 bits per heavy atom. The molecule has 24 heavy (non-hydrogen) atoms. The molecule has 1 N–H and O–H groups in total. The number of hydrogen-bond donors (Lipinski definition) is 1. The number of nitrogens with zero attached hydrogens (tertiary/aromatic N) is 1. The maximum atomic E-state index is 12.5. The van der Waals surface area contributed by atoms with E-state index in [2.05, 4.69) is 5.32 Å². The highest BCUT2D eigenvalue weighted by atomic mass is 35.5. The van der Waals surface area contributed by atoms with E-state index in [1.807, 2.05) is 0 Å². The zero-order chi connectivity index (χ0) is 17.9. The first-order valence-electron chi connectivity index (χ1n) is 7.23. The molecule has 1 aromatic carbocycles. The van der Waals surface area contributed by atoms with E-state index < -0.39 is 12.0 Å². The van der Waals surface area contributed by atoms with Crippen molar-refractivity contribution in [2.24, 2.45) is 0 Å². The molecule has 1 aliphatic rings. The zero-order valence-electron chi connectivity index (χ0n) is 13.6. The van der Waals surface area contributed by atoms with Gasteiger partial charge in [0.1, 0.15) is 6.61 Å². The molecular weight excluding hydrogens is 355 g/mol. The number of methoxy groups -OCH3 is 1. The Hall–Kier alpha value is -1.76. The third-order valence-electron chi connectivity index (χ3n) is 3.78. The quantitative estimate of drug-likeness (QED) is 0.636. The Balaban J connectivity index is 2.47. The van der Waals surface area contributed by atoms with Gasteiger partial charge in [-0.25, -0.2) is 9.59 Å². The number of carbonyl (C=O) groups is 2. The van der Waals surface area contributed by atoms with E-state index in [0.717, 1.165) is 0 Å². The van der Waals surface area contributed by atoms with Gasteiger partial charge in [-0.05, 0) is 19.1 Å². The molecule has 0 saturated carbocycles. The normalized spacial score (nSPS) is 17.8. The summed E-state index contributed by atoms with van der Waals surface area (Å²) in [6, 6.07) is 3.84. The summed E-state index contributed by atoms with van der Waals surface area (Å²) in [6.07, 6.45) is 0. The molecule has 0 aliphatic carbocycles. The van der Waals surface area contributed by atoms with Gasteiger partial charge in [0.25, 0.3) is 0 Å². The van der Waals surface area contributed by atoms with E-state index in [1.54, 1.807) is 32.2 Å². The molecule has 0 radical (unpaired) electrons. The van der Waals surface area contributed by atoms with Gasteiger partial charge in [-0.1, -0.05) is 29.3 Å². The van der Waals surface area contributed by atoms with Gasteiger partial charge in [-0.2, -0.15) is 0 Å². The van der Waals surface area contributed by atoms with E-state index >= 15 is 0 Å². The van der Waals surface area contributed by atoms with E-state index in [4.69, 9.17) is 32.7 Å². The second-order valence-electron chi connectivity index (χ2n) is 5.20. The number of allylic oxidation sites excluding steroid dienone is 1. The lowest BCUT2D eigenvalue weighted by Crippen LogP contribution is -2.46. The summed E-state index contributed by atoms with van der Waals surface area (Å²) in [5.41, 5.74) is 1.21. The van der Waals surface area contributed by atoms with E-state index in [-0.39, 0.29) is 24.8 Å². The Kier molecular flexibility index (Phi) is 6.10. The van der Waals surface area contributed by atoms with Gasteiger partial charge in [-0.15, -0.1) is 0 Å².